The number of ether oxygens (including phenoxy) is 1. The highest BCUT2D eigenvalue weighted by Crippen LogP contribution is 2.11. The van der Waals surface area contributed by atoms with Crippen LogP contribution in [-0.4, -0.2) is 31.8 Å². The van der Waals surface area contributed by atoms with Crippen molar-refractivity contribution in [2.45, 2.75) is 40.0 Å². The maximum atomic E-state index is 5.73. The van der Waals surface area contributed by atoms with Crippen LogP contribution in [0.2, 0.25) is 0 Å². The van der Waals surface area contributed by atoms with E-state index in [4.69, 9.17) is 9.15 Å². The Kier molecular flexibility index (Phi) is 7.75. The number of hydrogen-bond donors (Lipinski definition) is 1. The molecule has 1 heterocycles. The zero-order chi connectivity index (χ0) is 14.1. The van der Waals surface area contributed by atoms with Gasteiger partial charge in [0.25, 0.3) is 0 Å². The van der Waals surface area contributed by atoms with E-state index in [1.54, 1.807) is 7.11 Å². The molecule has 0 aliphatic carbocycles. The molecule has 1 N–H and O–H groups in total. The first-order valence-corrected chi connectivity index (χ1v) is 7.25. The van der Waals surface area contributed by atoms with Gasteiger partial charge in [-0.1, -0.05) is 20.8 Å². The summed E-state index contributed by atoms with van der Waals surface area (Å²) in [6, 6.07) is 0. The summed E-state index contributed by atoms with van der Waals surface area (Å²) in [5, 5.41) is 3.42. The van der Waals surface area contributed by atoms with Crippen LogP contribution in [0.4, 0.5) is 0 Å². The van der Waals surface area contributed by atoms with Gasteiger partial charge in [-0.3, -0.25) is 0 Å². The fraction of sp³-hybridized carbons (Fsp3) is 0.800. The zero-order valence-electron chi connectivity index (χ0n) is 12.7. The minimum Gasteiger partial charge on any atom is -0.446 e. The van der Waals surface area contributed by atoms with E-state index in [2.05, 4.69) is 31.1 Å². The molecule has 4 heteroatoms. The molecule has 19 heavy (non-hydrogen) atoms. The van der Waals surface area contributed by atoms with E-state index in [0.717, 1.165) is 50.6 Å². The third-order valence-corrected chi connectivity index (χ3v) is 2.90. The molecule has 0 saturated heterocycles. The van der Waals surface area contributed by atoms with E-state index in [9.17, 15) is 0 Å². The number of nitrogens with one attached hydrogen (secondary N) is 1. The molecule has 1 rings (SSSR count). The molecule has 4 nitrogen and oxygen atoms in total. The van der Waals surface area contributed by atoms with Crippen molar-refractivity contribution in [3.63, 3.8) is 0 Å². The van der Waals surface area contributed by atoms with Gasteiger partial charge in [-0.2, -0.15) is 0 Å². The Hall–Kier alpha value is -0.870. The smallest absolute Gasteiger partial charge is 0.194 e. The first kappa shape index (κ1) is 16.2. The number of aromatic nitrogens is 1. The molecular formula is C15H28N2O2. The van der Waals surface area contributed by atoms with Crippen LogP contribution in [0.25, 0.3) is 0 Å². The van der Waals surface area contributed by atoms with E-state index in [0.29, 0.717) is 11.8 Å². The van der Waals surface area contributed by atoms with Gasteiger partial charge >= 0.3 is 0 Å². The van der Waals surface area contributed by atoms with E-state index < -0.39 is 0 Å². The monoisotopic (exact) mass is 268 g/mol. The maximum Gasteiger partial charge on any atom is 0.194 e. The Morgan fingerprint density at radius 1 is 1.37 bits per heavy atom. The molecule has 0 aliphatic heterocycles. The Bertz CT molecular complexity index is 337. The minimum absolute atomic E-state index is 0.471. The van der Waals surface area contributed by atoms with Crippen LogP contribution in [0.5, 0.6) is 0 Å². The average molecular weight is 268 g/mol. The normalized spacial score (nSPS) is 13.1. The molecule has 1 atom stereocenters. The van der Waals surface area contributed by atoms with Gasteiger partial charge in [0.1, 0.15) is 5.76 Å². The van der Waals surface area contributed by atoms with E-state index in [-0.39, 0.29) is 0 Å². The van der Waals surface area contributed by atoms with Crippen molar-refractivity contribution in [1.82, 2.24) is 10.3 Å². The van der Waals surface area contributed by atoms with Crippen molar-refractivity contribution in [2.24, 2.45) is 11.8 Å². The summed E-state index contributed by atoms with van der Waals surface area (Å²) in [6.45, 7) is 9.45. The van der Waals surface area contributed by atoms with Gasteiger partial charge in [0.2, 0.25) is 0 Å². The quantitative estimate of drug-likeness (QED) is 0.663. The first-order valence-electron chi connectivity index (χ1n) is 7.25. The van der Waals surface area contributed by atoms with Crippen molar-refractivity contribution in [2.75, 3.05) is 26.8 Å². The molecule has 0 bridgehead atoms. The Balaban J connectivity index is 2.19. The number of aryl methyl sites for hydroxylation is 1. The summed E-state index contributed by atoms with van der Waals surface area (Å²) >= 11 is 0. The van der Waals surface area contributed by atoms with Crippen molar-refractivity contribution in [1.29, 1.82) is 0 Å². The van der Waals surface area contributed by atoms with Crippen molar-refractivity contribution >= 4 is 0 Å². The van der Waals surface area contributed by atoms with Gasteiger partial charge in [0.15, 0.2) is 5.89 Å². The average Bonchev–Trinajstić information content (AvgIpc) is 2.76. The van der Waals surface area contributed by atoms with Crippen molar-refractivity contribution in [3.8, 4) is 0 Å². The first-order chi connectivity index (χ1) is 9.11. The summed E-state index contributed by atoms with van der Waals surface area (Å²) < 4.78 is 10.9. The molecule has 0 aliphatic rings. The minimum atomic E-state index is 0.471. The molecule has 110 valence electrons. The summed E-state index contributed by atoms with van der Waals surface area (Å²) in [5.74, 6) is 3.00. The largest absolute Gasteiger partial charge is 0.446 e. The standard InChI is InChI=1S/C15H28N2O2/c1-12(2)9-16-7-5-6-15-17-10-14(19-15)8-13(3)11-18-4/h10,12-13,16H,5-9,11H2,1-4H3. The lowest BCUT2D eigenvalue weighted by Gasteiger charge is -2.07. The van der Waals surface area contributed by atoms with Gasteiger partial charge < -0.3 is 14.5 Å². The predicted molar refractivity (Wildman–Crippen MR) is 77.3 cm³/mol. The Labute approximate surface area is 116 Å². The molecule has 0 radical (unpaired) electrons. The van der Waals surface area contributed by atoms with E-state index >= 15 is 0 Å². The summed E-state index contributed by atoms with van der Waals surface area (Å²) in [6.07, 6.45) is 4.72. The lowest BCUT2D eigenvalue weighted by Crippen LogP contribution is -2.21. The van der Waals surface area contributed by atoms with Gasteiger partial charge in [-0.05, 0) is 31.3 Å². The molecule has 0 aromatic carbocycles. The number of nitrogens with zero attached hydrogens (tertiary/aromatic N) is 1. The summed E-state index contributed by atoms with van der Waals surface area (Å²) in [4.78, 5) is 4.33. The van der Waals surface area contributed by atoms with Gasteiger partial charge in [-0.15, -0.1) is 0 Å². The lowest BCUT2D eigenvalue weighted by atomic mass is 10.1. The third-order valence-electron chi connectivity index (χ3n) is 2.90. The third kappa shape index (κ3) is 7.33. The second-order valence-corrected chi connectivity index (χ2v) is 5.69. The van der Waals surface area contributed by atoms with E-state index in [1.807, 2.05) is 6.20 Å². The molecule has 1 aromatic heterocycles. The highest BCUT2D eigenvalue weighted by Gasteiger charge is 2.08. The highest BCUT2D eigenvalue weighted by atomic mass is 16.5. The topological polar surface area (TPSA) is 47.3 Å². The highest BCUT2D eigenvalue weighted by molar-refractivity contribution is 4.95. The molecule has 0 spiro atoms. The SMILES string of the molecule is COCC(C)Cc1cnc(CCCNCC(C)C)o1. The van der Waals surface area contributed by atoms with Gasteiger partial charge in [-0.25, -0.2) is 4.98 Å². The van der Waals surface area contributed by atoms with Crippen LogP contribution in [-0.2, 0) is 17.6 Å². The van der Waals surface area contributed by atoms with Crippen LogP contribution >= 0.6 is 0 Å². The molecule has 0 fully saturated rings. The number of rotatable bonds is 10. The van der Waals surface area contributed by atoms with Crippen LogP contribution in [0.3, 0.4) is 0 Å². The fourth-order valence-corrected chi connectivity index (χ4v) is 2.00. The lowest BCUT2D eigenvalue weighted by molar-refractivity contribution is 0.156. The molecule has 0 amide bonds. The summed E-state index contributed by atoms with van der Waals surface area (Å²) in [7, 11) is 1.73. The Morgan fingerprint density at radius 3 is 2.84 bits per heavy atom. The molecule has 1 aromatic rings. The van der Waals surface area contributed by atoms with Crippen LogP contribution in [0.1, 0.15) is 38.8 Å². The van der Waals surface area contributed by atoms with Gasteiger partial charge in [0, 0.05) is 26.6 Å². The molecule has 1 unspecified atom stereocenters. The van der Waals surface area contributed by atoms with E-state index in [1.165, 1.54) is 0 Å². The second-order valence-electron chi connectivity index (χ2n) is 5.69. The van der Waals surface area contributed by atoms with Crippen molar-refractivity contribution in [3.05, 3.63) is 17.8 Å². The zero-order valence-corrected chi connectivity index (χ0v) is 12.7. The van der Waals surface area contributed by atoms with Crippen LogP contribution in [0.15, 0.2) is 10.6 Å². The van der Waals surface area contributed by atoms with Crippen LogP contribution in [0, 0.1) is 11.8 Å². The van der Waals surface area contributed by atoms with Crippen molar-refractivity contribution < 1.29 is 9.15 Å². The number of oxazole rings is 1. The molecular weight excluding hydrogens is 240 g/mol. The number of methoxy groups -OCH3 is 1. The van der Waals surface area contributed by atoms with Crippen LogP contribution < -0.4 is 5.32 Å². The fourth-order valence-electron chi connectivity index (χ4n) is 2.00. The Morgan fingerprint density at radius 2 is 2.16 bits per heavy atom. The second kappa shape index (κ2) is 9.10. The van der Waals surface area contributed by atoms with Gasteiger partial charge in [0.05, 0.1) is 6.20 Å². The predicted octanol–water partition coefficient (Wildman–Crippen LogP) is 2.68. The maximum absolute atomic E-state index is 5.73. The molecule has 0 saturated carbocycles. The number of hydrogen-bond acceptors (Lipinski definition) is 4. The summed E-state index contributed by atoms with van der Waals surface area (Å²) in [5.41, 5.74) is 0.